The van der Waals surface area contributed by atoms with E-state index in [9.17, 15) is 15.0 Å². The molecule has 45 heavy (non-hydrogen) atoms. The smallest absolute Gasteiger partial charge is 0.310 e. The maximum absolute atomic E-state index is 13.4. The van der Waals surface area contributed by atoms with Gasteiger partial charge >= 0.3 is 5.97 Å². The van der Waals surface area contributed by atoms with Crippen LogP contribution in [0.25, 0.3) is 20.8 Å². The van der Waals surface area contributed by atoms with E-state index in [4.69, 9.17) is 47.1 Å². The Kier molecular flexibility index (Phi) is 6.63. The summed E-state index contributed by atoms with van der Waals surface area (Å²) in [5.41, 5.74) is 4.83. The minimum atomic E-state index is -0.581. The average molecular weight is 664 g/mol. The van der Waals surface area contributed by atoms with Gasteiger partial charge in [-0.2, -0.15) is 0 Å². The van der Waals surface area contributed by atoms with E-state index in [0.717, 1.165) is 32.1 Å². The number of nitrogens with one attached hydrogen (secondary N) is 1. The minimum absolute atomic E-state index is 0.0916. The summed E-state index contributed by atoms with van der Waals surface area (Å²) >= 11 is 14.1. The second-order valence-corrected chi connectivity index (χ2v) is 13.0. The Balaban J connectivity index is 1.19. The van der Waals surface area contributed by atoms with Crippen molar-refractivity contribution in [1.82, 2.24) is 4.98 Å². The number of phenolic OH excluding ortho intramolecular Hbond substituents is 2. The van der Waals surface area contributed by atoms with E-state index in [1.54, 1.807) is 12.1 Å². The zero-order chi connectivity index (χ0) is 31.0. The van der Waals surface area contributed by atoms with Crippen LogP contribution in [0, 0.1) is 11.8 Å². The number of esters is 1. The van der Waals surface area contributed by atoms with Gasteiger partial charge < -0.3 is 34.5 Å². The molecule has 3 aliphatic rings. The number of fused-ring (bicyclic) bond motifs is 4. The number of aromatic hydroxyl groups is 2. The second kappa shape index (κ2) is 10.6. The van der Waals surface area contributed by atoms with Crippen LogP contribution in [-0.2, 0) is 9.53 Å². The lowest BCUT2D eigenvalue weighted by molar-refractivity contribution is -0.141. The van der Waals surface area contributed by atoms with E-state index in [-0.39, 0.29) is 48.6 Å². The number of hydrogen-bond acceptors (Lipinski definition) is 10. The summed E-state index contributed by atoms with van der Waals surface area (Å²) in [4.78, 5) is 18.1. The number of carbonyl (C=O) groups is 1. The van der Waals surface area contributed by atoms with Crippen molar-refractivity contribution in [3.05, 3.63) is 87.4 Å². The van der Waals surface area contributed by atoms with Crippen LogP contribution in [0.5, 0.6) is 28.7 Å². The molecule has 0 spiro atoms. The fraction of sp³-hybridized carbons (Fsp3) is 0.212. The normalized spacial score (nSPS) is 21.4. The first kappa shape index (κ1) is 28.1. The number of aromatic nitrogens is 1. The number of nitrogens with zero attached hydrogens (tertiary/aromatic N) is 1. The van der Waals surface area contributed by atoms with Gasteiger partial charge in [-0.25, -0.2) is 4.98 Å². The van der Waals surface area contributed by atoms with E-state index in [2.05, 4.69) is 5.32 Å². The van der Waals surface area contributed by atoms with E-state index in [1.807, 2.05) is 42.5 Å². The largest absolute Gasteiger partial charge is 0.504 e. The third-order valence-corrected chi connectivity index (χ3v) is 10.3. The number of benzene rings is 4. The Morgan fingerprint density at radius 2 is 1.73 bits per heavy atom. The Morgan fingerprint density at radius 1 is 0.978 bits per heavy atom. The second-order valence-electron chi connectivity index (χ2n) is 11.2. The highest BCUT2D eigenvalue weighted by molar-refractivity contribution is 7.21. The molecule has 0 saturated carbocycles. The molecule has 1 fully saturated rings. The molecule has 0 unspecified atom stereocenters. The third kappa shape index (κ3) is 4.58. The Bertz CT molecular complexity index is 2020. The van der Waals surface area contributed by atoms with Gasteiger partial charge in [0.15, 0.2) is 23.0 Å². The van der Waals surface area contributed by atoms with Gasteiger partial charge in [0.25, 0.3) is 0 Å². The first-order chi connectivity index (χ1) is 21.8. The van der Waals surface area contributed by atoms with Gasteiger partial charge in [0, 0.05) is 28.1 Å². The molecule has 8 rings (SSSR count). The van der Waals surface area contributed by atoms with Gasteiger partial charge in [-0.05, 0) is 77.4 Å². The van der Waals surface area contributed by atoms with Crippen LogP contribution in [0.1, 0.15) is 28.7 Å². The summed E-state index contributed by atoms with van der Waals surface area (Å²) in [5.74, 6) is -1.10. The molecule has 1 aliphatic carbocycles. The molecule has 3 N–H and O–H groups in total. The SMILES string of the molecule is COc1cc([C@@H]2c3cc4c(cc3[C@@H](Nc3ccc(-c5nc6c(Cl)cc(Cl)cc6s5)cc3)[C@H]3COC(=O)[C@H]23)OCO4)cc(O)c1O. The third-order valence-electron chi connectivity index (χ3n) is 8.71. The zero-order valence-corrected chi connectivity index (χ0v) is 25.9. The van der Waals surface area contributed by atoms with Gasteiger partial charge in [0.2, 0.25) is 12.5 Å². The summed E-state index contributed by atoms with van der Waals surface area (Å²) in [7, 11) is 1.41. The Morgan fingerprint density at radius 3 is 2.49 bits per heavy atom. The monoisotopic (exact) mass is 662 g/mol. The number of carbonyl (C=O) groups excluding carboxylic acids is 1. The molecule has 2 aliphatic heterocycles. The molecule has 12 heteroatoms. The number of phenols is 2. The standard InChI is InChI=1S/C33H24Cl2N2O7S/c1-41-25-7-15(6-22(38)31(25)39)27-18-10-23-24(44-13-43-23)11-19(18)29(20-12-42-33(40)28(20)27)36-17-4-2-14(3-5-17)32-37-30-21(35)8-16(34)9-26(30)45-32/h2-11,20,27-29,36,38-39H,12-13H2,1H3/t20-,27+,28-,29+/m0/s1. The van der Waals surface area contributed by atoms with Crippen LogP contribution in [-0.4, -0.2) is 41.7 Å². The lowest BCUT2D eigenvalue weighted by Gasteiger charge is -2.40. The highest BCUT2D eigenvalue weighted by atomic mass is 35.5. The topological polar surface area (TPSA) is 119 Å². The maximum atomic E-state index is 13.4. The fourth-order valence-electron chi connectivity index (χ4n) is 6.67. The van der Waals surface area contributed by atoms with Gasteiger partial charge in [-0.15, -0.1) is 11.3 Å². The molecule has 9 nitrogen and oxygen atoms in total. The van der Waals surface area contributed by atoms with Crippen LogP contribution < -0.4 is 19.5 Å². The molecule has 1 saturated heterocycles. The lowest BCUT2D eigenvalue weighted by atomic mass is 9.65. The van der Waals surface area contributed by atoms with E-state index >= 15 is 0 Å². The maximum Gasteiger partial charge on any atom is 0.310 e. The number of ether oxygens (including phenoxy) is 4. The Labute approximate surface area is 270 Å². The molecule has 5 aromatic rings. The van der Waals surface area contributed by atoms with E-state index < -0.39 is 11.8 Å². The van der Waals surface area contributed by atoms with Crippen molar-refractivity contribution >= 4 is 56.4 Å². The molecule has 1 aromatic heterocycles. The quantitative estimate of drug-likeness (QED) is 0.130. The number of halogens is 2. The first-order valence-corrected chi connectivity index (χ1v) is 15.7. The number of cyclic esters (lactones) is 1. The number of methoxy groups -OCH3 is 1. The predicted octanol–water partition coefficient (Wildman–Crippen LogP) is 7.51. The van der Waals surface area contributed by atoms with Crippen molar-refractivity contribution in [2.24, 2.45) is 11.8 Å². The average Bonchev–Trinajstić information content (AvgIpc) is 3.77. The van der Waals surface area contributed by atoms with Gasteiger partial charge in [-0.1, -0.05) is 23.2 Å². The van der Waals surface area contributed by atoms with Gasteiger partial charge in [-0.3, -0.25) is 4.79 Å². The Hall–Kier alpha value is -4.38. The van der Waals surface area contributed by atoms with Crippen molar-refractivity contribution in [2.45, 2.75) is 12.0 Å². The summed E-state index contributed by atoms with van der Waals surface area (Å²) in [6.45, 7) is 0.300. The van der Waals surface area contributed by atoms with Gasteiger partial charge in [0.1, 0.15) is 10.5 Å². The lowest BCUT2D eigenvalue weighted by Crippen LogP contribution is -2.37. The molecule has 4 atom stereocenters. The van der Waals surface area contributed by atoms with Crippen molar-refractivity contribution < 1.29 is 34.0 Å². The van der Waals surface area contributed by atoms with Crippen LogP contribution in [0.4, 0.5) is 5.69 Å². The van der Waals surface area contributed by atoms with Crippen molar-refractivity contribution in [1.29, 1.82) is 0 Å². The summed E-state index contributed by atoms with van der Waals surface area (Å²) in [6.07, 6.45) is 0. The molecule has 228 valence electrons. The van der Waals surface area contributed by atoms with E-state index in [0.29, 0.717) is 32.6 Å². The molecule has 0 amide bonds. The molecule has 4 aromatic carbocycles. The first-order valence-electron chi connectivity index (χ1n) is 14.1. The summed E-state index contributed by atoms with van der Waals surface area (Å²) < 4.78 is 23.4. The molecule has 0 radical (unpaired) electrons. The number of anilines is 1. The highest BCUT2D eigenvalue weighted by Gasteiger charge is 2.52. The highest BCUT2D eigenvalue weighted by Crippen LogP contribution is 2.56. The molecule has 0 bridgehead atoms. The molecular formula is C33H24Cl2N2O7S. The molecule has 3 heterocycles. The predicted molar refractivity (Wildman–Crippen MR) is 170 cm³/mol. The van der Waals surface area contributed by atoms with Crippen molar-refractivity contribution in [2.75, 3.05) is 25.8 Å². The van der Waals surface area contributed by atoms with Crippen LogP contribution >= 0.6 is 34.5 Å². The molecular weight excluding hydrogens is 639 g/mol. The van der Waals surface area contributed by atoms with Crippen molar-refractivity contribution in [3.8, 4) is 39.3 Å². The summed E-state index contributed by atoms with van der Waals surface area (Å²) in [6, 6.07) is 18.1. The number of rotatable bonds is 5. The number of hydrogen-bond donors (Lipinski definition) is 3. The van der Waals surface area contributed by atoms with Crippen LogP contribution in [0.2, 0.25) is 10.0 Å². The minimum Gasteiger partial charge on any atom is -0.504 e. The van der Waals surface area contributed by atoms with Gasteiger partial charge in [0.05, 0.1) is 35.4 Å². The van der Waals surface area contributed by atoms with Crippen LogP contribution in [0.15, 0.2) is 60.7 Å². The zero-order valence-electron chi connectivity index (χ0n) is 23.5. The van der Waals surface area contributed by atoms with Crippen molar-refractivity contribution in [3.63, 3.8) is 0 Å². The van der Waals surface area contributed by atoms with Crippen LogP contribution in [0.3, 0.4) is 0 Å². The number of thiazole rings is 1. The van der Waals surface area contributed by atoms with E-state index in [1.165, 1.54) is 24.5 Å². The fourth-order valence-corrected chi connectivity index (χ4v) is 8.36. The summed E-state index contributed by atoms with van der Waals surface area (Å²) in [5, 5.41) is 26.4.